The number of hydrazine groups is 1. The number of nitrogens with zero attached hydrogens (tertiary/aromatic N) is 2. The Morgan fingerprint density at radius 3 is 2.59 bits per heavy atom. The third-order valence-electron chi connectivity index (χ3n) is 3.54. The van der Waals surface area contributed by atoms with E-state index in [4.69, 9.17) is 0 Å². The first-order chi connectivity index (χ1) is 8.15. The van der Waals surface area contributed by atoms with Crippen molar-refractivity contribution in [1.82, 2.24) is 10.0 Å². The number of fused-ring (bicyclic) bond motifs is 1. The fourth-order valence-corrected chi connectivity index (χ4v) is 2.97. The van der Waals surface area contributed by atoms with Crippen LogP contribution in [0.3, 0.4) is 0 Å². The van der Waals surface area contributed by atoms with Gasteiger partial charge >= 0.3 is 5.97 Å². The van der Waals surface area contributed by atoms with Crippen LogP contribution in [0.15, 0.2) is 0 Å². The fourth-order valence-electron chi connectivity index (χ4n) is 2.64. The van der Waals surface area contributed by atoms with Crippen LogP contribution in [-0.4, -0.2) is 51.9 Å². The summed E-state index contributed by atoms with van der Waals surface area (Å²) in [5.74, 6) is -0.606. The Morgan fingerprint density at radius 2 is 2.00 bits per heavy atom. The minimum atomic E-state index is -0.900. The van der Waals surface area contributed by atoms with Crippen molar-refractivity contribution < 1.29 is 14.7 Å². The molecular formula is C11H18N2O3S. The van der Waals surface area contributed by atoms with Crippen molar-refractivity contribution in [3.63, 3.8) is 0 Å². The highest BCUT2D eigenvalue weighted by atomic mass is 32.1. The maximum absolute atomic E-state index is 12.3. The molecule has 0 radical (unpaired) electrons. The number of carboxylic acid groups (broad SMARTS) is 1. The van der Waals surface area contributed by atoms with E-state index in [9.17, 15) is 14.7 Å². The lowest BCUT2D eigenvalue weighted by Gasteiger charge is -2.42. The molecule has 0 aromatic rings. The Balaban J connectivity index is 2.24. The molecule has 2 aliphatic heterocycles. The van der Waals surface area contributed by atoms with Gasteiger partial charge < -0.3 is 5.11 Å². The van der Waals surface area contributed by atoms with E-state index in [2.05, 4.69) is 12.6 Å². The minimum Gasteiger partial charge on any atom is -0.480 e. The van der Waals surface area contributed by atoms with Crippen LogP contribution in [-0.2, 0) is 9.59 Å². The number of carbonyl (C=O) groups excluding carboxylic acids is 1. The Labute approximate surface area is 106 Å². The van der Waals surface area contributed by atoms with E-state index >= 15 is 0 Å². The van der Waals surface area contributed by atoms with E-state index in [1.165, 1.54) is 5.01 Å². The highest BCUT2D eigenvalue weighted by molar-refractivity contribution is 7.80. The van der Waals surface area contributed by atoms with Gasteiger partial charge in [-0.05, 0) is 25.7 Å². The first-order valence-corrected chi connectivity index (χ1v) is 6.70. The number of thiol groups is 1. The van der Waals surface area contributed by atoms with Gasteiger partial charge in [0.05, 0.1) is 0 Å². The van der Waals surface area contributed by atoms with E-state index in [-0.39, 0.29) is 11.8 Å². The van der Waals surface area contributed by atoms with Gasteiger partial charge in [0, 0.05) is 24.8 Å². The molecule has 0 spiro atoms. The quantitative estimate of drug-likeness (QED) is 0.713. The Bertz CT molecular complexity index is 324. The zero-order valence-corrected chi connectivity index (χ0v) is 10.6. The Kier molecular flexibility index (Phi) is 3.93. The molecule has 2 rings (SSSR count). The number of aliphatic carboxylic acids is 1. The van der Waals surface area contributed by atoms with Gasteiger partial charge in [-0.15, -0.1) is 0 Å². The lowest BCUT2D eigenvalue weighted by molar-refractivity contribution is -0.175. The Hall–Kier alpha value is -0.750. The number of hydrogen-bond acceptors (Lipinski definition) is 4. The summed E-state index contributed by atoms with van der Waals surface area (Å²) in [5, 5.41) is 12.6. The van der Waals surface area contributed by atoms with E-state index in [1.807, 2.05) is 5.01 Å². The summed E-state index contributed by atoms with van der Waals surface area (Å²) in [7, 11) is 0. The summed E-state index contributed by atoms with van der Waals surface area (Å²) in [6.45, 7) is 1.56. The maximum Gasteiger partial charge on any atom is 0.328 e. The van der Waals surface area contributed by atoms with Gasteiger partial charge in [0.15, 0.2) is 0 Å². The van der Waals surface area contributed by atoms with Gasteiger partial charge in [0.2, 0.25) is 5.91 Å². The topological polar surface area (TPSA) is 60.9 Å². The predicted molar refractivity (Wildman–Crippen MR) is 65.7 cm³/mol. The smallest absolute Gasteiger partial charge is 0.328 e. The molecule has 96 valence electrons. The standard InChI is InChI=1S/C11H18N2O3S/c14-10-8(7-17)3-1-5-12-6-2-4-9(11(15)16)13(10)12/h8-9,17H,1-7H2,(H,15,16). The number of rotatable bonds is 2. The molecule has 0 aromatic carbocycles. The average Bonchev–Trinajstić information content (AvgIpc) is 2.48. The van der Waals surface area contributed by atoms with Crippen LogP contribution in [0.2, 0.25) is 0 Å². The maximum atomic E-state index is 12.3. The third-order valence-corrected chi connectivity index (χ3v) is 3.98. The molecule has 17 heavy (non-hydrogen) atoms. The van der Waals surface area contributed by atoms with Crippen molar-refractivity contribution in [2.75, 3.05) is 18.8 Å². The summed E-state index contributed by atoms with van der Waals surface area (Å²) < 4.78 is 0. The van der Waals surface area contributed by atoms with Crippen LogP contribution < -0.4 is 0 Å². The zero-order valence-electron chi connectivity index (χ0n) is 9.71. The molecule has 0 aromatic heterocycles. The molecule has 5 nitrogen and oxygen atoms in total. The first-order valence-electron chi connectivity index (χ1n) is 6.06. The van der Waals surface area contributed by atoms with Crippen LogP contribution in [0, 0.1) is 5.92 Å². The van der Waals surface area contributed by atoms with Gasteiger partial charge in [0.25, 0.3) is 0 Å². The van der Waals surface area contributed by atoms with Crippen LogP contribution in [0.25, 0.3) is 0 Å². The van der Waals surface area contributed by atoms with Crippen molar-refractivity contribution >= 4 is 24.5 Å². The monoisotopic (exact) mass is 258 g/mol. The molecule has 0 aliphatic carbocycles. The van der Waals surface area contributed by atoms with Crippen molar-refractivity contribution in [3.8, 4) is 0 Å². The van der Waals surface area contributed by atoms with Crippen LogP contribution in [0.1, 0.15) is 25.7 Å². The van der Waals surface area contributed by atoms with Gasteiger partial charge in [-0.1, -0.05) is 0 Å². The average molecular weight is 258 g/mol. The van der Waals surface area contributed by atoms with Gasteiger partial charge in [0.1, 0.15) is 6.04 Å². The molecule has 2 unspecified atom stereocenters. The van der Waals surface area contributed by atoms with E-state index < -0.39 is 12.0 Å². The largest absolute Gasteiger partial charge is 0.480 e. The molecule has 2 atom stereocenters. The van der Waals surface area contributed by atoms with Crippen molar-refractivity contribution in [2.24, 2.45) is 5.92 Å². The Morgan fingerprint density at radius 1 is 1.35 bits per heavy atom. The second-order valence-electron chi connectivity index (χ2n) is 4.65. The summed E-state index contributed by atoms with van der Waals surface area (Å²) in [5.41, 5.74) is 0. The van der Waals surface area contributed by atoms with Gasteiger partial charge in [-0.2, -0.15) is 12.6 Å². The van der Waals surface area contributed by atoms with E-state index in [0.717, 1.165) is 32.4 Å². The second-order valence-corrected chi connectivity index (χ2v) is 5.02. The van der Waals surface area contributed by atoms with Crippen molar-refractivity contribution in [2.45, 2.75) is 31.7 Å². The molecule has 1 amide bonds. The molecule has 0 bridgehead atoms. The zero-order chi connectivity index (χ0) is 12.4. The lowest BCUT2D eigenvalue weighted by Crippen LogP contribution is -2.58. The first kappa shape index (κ1) is 12.7. The molecule has 2 saturated heterocycles. The minimum absolute atomic E-state index is 0.0652. The third kappa shape index (κ3) is 2.42. The molecular weight excluding hydrogens is 240 g/mol. The van der Waals surface area contributed by atoms with Crippen LogP contribution in [0.4, 0.5) is 0 Å². The highest BCUT2D eigenvalue weighted by Crippen LogP contribution is 2.26. The fraction of sp³-hybridized carbons (Fsp3) is 0.818. The van der Waals surface area contributed by atoms with Crippen molar-refractivity contribution in [3.05, 3.63) is 0 Å². The molecule has 2 aliphatic rings. The van der Waals surface area contributed by atoms with E-state index in [1.54, 1.807) is 0 Å². The molecule has 2 fully saturated rings. The van der Waals surface area contributed by atoms with Crippen molar-refractivity contribution in [1.29, 1.82) is 0 Å². The molecule has 0 saturated carbocycles. The number of carboxylic acids is 1. The van der Waals surface area contributed by atoms with Crippen LogP contribution in [0.5, 0.6) is 0 Å². The van der Waals surface area contributed by atoms with E-state index in [0.29, 0.717) is 12.2 Å². The normalized spacial score (nSPS) is 30.9. The lowest BCUT2D eigenvalue weighted by atomic mass is 10.0. The van der Waals surface area contributed by atoms with Gasteiger partial charge in [-0.25, -0.2) is 9.80 Å². The highest BCUT2D eigenvalue weighted by Gasteiger charge is 2.40. The summed E-state index contributed by atoms with van der Waals surface area (Å²) in [4.78, 5) is 23.5. The van der Waals surface area contributed by atoms with Gasteiger partial charge in [-0.3, -0.25) is 9.80 Å². The summed E-state index contributed by atoms with van der Waals surface area (Å²) >= 11 is 4.19. The number of hydrogen-bond donors (Lipinski definition) is 2. The summed E-state index contributed by atoms with van der Waals surface area (Å²) in [6.07, 6.45) is 3.13. The summed E-state index contributed by atoms with van der Waals surface area (Å²) in [6, 6.07) is -0.684. The van der Waals surface area contributed by atoms with Crippen LogP contribution >= 0.6 is 12.6 Å². The second kappa shape index (κ2) is 5.27. The number of amides is 1. The molecule has 6 heteroatoms. The number of carbonyl (C=O) groups is 2. The SMILES string of the molecule is O=C(O)C1CCCN2CCCC(CS)C(=O)N12. The predicted octanol–water partition coefficient (Wildman–Crippen LogP) is 0.619. The molecule has 2 heterocycles. The molecule has 1 N–H and O–H groups in total.